The number of hydrogen-bond donors (Lipinski definition) is 3. The first kappa shape index (κ1) is 15.0. The van der Waals surface area contributed by atoms with Crippen molar-refractivity contribution in [2.24, 2.45) is 0 Å². The van der Waals surface area contributed by atoms with Gasteiger partial charge in [0, 0.05) is 11.8 Å². The SMILES string of the molecule is O=C1CC[C@@H](C(=O)NCc2ccc3ccccc3n2)NC(=O)N1. The van der Waals surface area contributed by atoms with Crippen LogP contribution in [0.4, 0.5) is 4.79 Å². The molecule has 1 saturated heterocycles. The summed E-state index contributed by atoms with van der Waals surface area (Å²) in [7, 11) is 0. The van der Waals surface area contributed by atoms with Crippen molar-refractivity contribution in [2.75, 3.05) is 0 Å². The van der Waals surface area contributed by atoms with Crippen LogP contribution in [0.2, 0.25) is 0 Å². The smallest absolute Gasteiger partial charge is 0.322 e. The molecule has 0 saturated carbocycles. The average Bonchev–Trinajstić information content (AvgIpc) is 2.72. The number of aromatic nitrogens is 1. The van der Waals surface area contributed by atoms with E-state index < -0.39 is 12.1 Å². The number of nitrogens with zero attached hydrogens (tertiary/aromatic N) is 1. The average molecular weight is 312 g/mol. The molecule has 1 fully saturated rings. The van der Waals surface area contributed by atoms with Crippen molar-refractivity contribution in [3.63, 3.8) is 0 Å². The van der Waals surface area contributed by atoms with E-state index in [-0.39, 0.29) is 31.2 Å². The third-order valence-corrected chi connectivity index (χ3v) is 3.63. The maximum Gasteiger partial charge on any atom is 0.322 e. The van der Waals surface area contributed by atoms with E-state index in [0.29, 0.717) is 0 Å². The lowest BCUT2D eigenvalue weighted by molar-refractivity contribution is -0.123. The summed E-state index contributed by atoms with van der Waals surface area (Å²) in [5, 5.41) is 8.38. The number of para-hydroxylation sites is 1. The van der Waals surface area contributed by atoms with Gasteiger partial charge in [-0.15, -0.1) is 0 Å². The van der Waals surface area contributed by atoms with Gasteiger partial charge in [0.2, 0.25) is 11.8 Å². The Labute approximate surface area is 132 Å². The van der Waals surface area contributed by atoms with E-state index in [4.69, 9.17) is 0 Å². The van der Waals surface area contributed by atoms with E-state index in [1.54, 1.807) is 0 Å². The van der Waals surface area contributed by atoms with Crippen LogP contribution in [0.5, 0.6) is 0 Å². The van der Waals surface area contributed by atoms with E-state index >= 15 is 0 Å². The molecule has 4 amide bonds. The number of carbonyl (C=O) groups excluding carboxylic acids is 3. The standard InChI is InChI=1S/C16H16N4O3/c21-14-8-7-13(19-16(23)20-14)15(22)17-9-11-6-5-10-3-1-2-4-12(10)18-11/h1-6,13H,7-9H2,(H,17,22)(H2,19,20,21,23)/t13-/m0/s1. The number of pyridine rings is 1. The minimum absolute atomic E-state index is 0.130. The Hall–Kier alpha value is -2.96. The maximum absolute atomic E-state index is 12.1. The Balaban J connectivity index is 1.63. The van der Waals surface area contributed by atoms with Crippen LogP contribution in [0.25, 0.3) is 10.9 Å². The van der Waals surface area contributed by atoms with Crippen molar-refractivity contribution in [3.8, 4) is 0 Å². The zero-order chi connectivity index (χ0) is 16.2. The van der Waals surface area contributed by atoms with Crippen molar-refractivity contribution in [1.82, 2.24) is 20.9 Å². The number of hydrogen-bond acceptors (Lipinski definition) is 4. The van der Waals surface area contributed by atoms with Crippen molar-refractivity contribution in [2.45, 2.75) is 25.4 Å². The molecule has 3 N–H and O–H groups in total. The Morgan fingerprint density at radius 2 is 2.04 bits per heavy atom. The molecule has 7 heteroatoms. The minimum Gasteiger partial charge on any atom is -0.349 e. The molecule has 1 aliphatic heterocycles. The quantitative estimate of drug-likeness (QED) is 0.782. The van der Waals surface area contributed by atoms with Crippen molar-refractivity contribution < 1.29 is 14.4 Å². The number of amides is 4. The first-order valence-corrected chi connectivity index (χ1v) is 7.34. The summed E-state index contributed by atoms with van der Waals surface area (Å²) < 4.78 is 0. The van der Waals surface area contributed by atoms with Gasteiger partial charge in [-0.1, -0.05) is 24.3 Å². The topological polar surface area (TPSA) is 100 Å². The van der Waals surface area contributed by atoms with Crippen LogP contribution in [-0.2, 0) is 16.1 Å². The van der Waals surface area contributed by atoms with E-state index in [0.717, 1.165) is 16.6 Å². The van der Waals surface area contributed by atoms with Crippen molar-refractivity contribution in [1.29, 1.82) is 0 Å². The van der Waals surface area contributed by atoms with Gasteiger partial charge >= 0.3 is 6.03 Å². The molecule has 118 valence electrons. The highest BCUT2D eigenvalue weighted by Gasteiger charge is 2.25. The molecule has 0 bridgehead atoms. The first-order chi connectivity index (χ1) is 11.1. The molecule has 0 unspecified atom stereocenters. The third-order valence-electron chi connectivity index (χ3n) is 3.63. The fourth-order valence-electron chi connectivity index (χ4n) is 2.44. The molecule has 2 heterocycles. The molecule has 7 nitrogen and oxygen atoms in total. The maximum atomic E-state index is 12.1. The predicted octanol–water partition coefficient (Wildman–Crippen LogP) is 0.839. The second-order valence-electron chi connectivity index (χ2n) is 5.33. The van der Waals surface area contributed by atoms with E-state index in [1.807, 2.05) is 36.4 Å². The molecule has 0 spiro atoms. The molecule has 1 atom stereocenters. The summed E-state index contributed by atoms with van der Waals surface area (Å²) in [5.41, 5.74) is 1.59. The molecule has 1 aliphatic rings. The van der Waals surface area contributed by atoms with Gasteiger partial charge in [0.15, 0.2) is 0 Å². The Morgan fingerprint density at radius 1 is 1.22 bits per heavy atom. The molecule has 1 aromatic carbocycles. The van der Waals surface area contributed by atoms with Gasteiger partial charge in [-0.2, -0.15) is 0 Å². The number of urea groups is 1. The lowest BCUT2D eigenvalue weighted by Gasteiger charge is -2.14. The third kappa shape index (κ3) is 3.63. The Bertz CT molecular complexity index is 775. The molecule has 1 aromatic heterocycles. The molecular weight excluding hydrogens is 296 g/mol. The fourth-order valence-corrected chi connectivity index (χ4v) is 2.44. The van der Waals surface area contributed by atoms with E-state index in [1.165, 1.54) is 0 Å². The van der Waals surface area contributed by atoms with E-state index in [9.17, 15) is 14.4 Å². The highest BCUT2D eigenvalue weighted by atomic mass is 16.2. The largest absolute Gasteiger partial charge is 0.349 e. The van der Waals surface area contributed by atoms with Gasteiger partial charge < -0.3 is 10.6 Å². The van der Waals surface area contributed by atoms with Gasteiger partial charge in [0.05, 0.1) is 17.8 Å². The second kappa shape index (κ2) is 6.43. The summed E-state index contributed by atoms with van der Waals surface area (Å²) in [4.78, 5) is 39.3. The second-order valence-corrected chi connectivity index (χ2v) is 5.33. The summed E-state index contributed by atoms with van der Waals surface area (Å²) in [5.74, 6) is -0.709. The van der Waals surface area contributed by atoms with Gasteiger partial charge in [-0.25, -0.2) is 4.79 Å². The zero-order valence-corrected chi connectivity index (χ0v) is 12.3. The molecule has 2 aromatic rings. The van der Waals surface area contributed by atoms with Crippen LogP contribution in [0.15, 0.2) is 36.4 Å². The van der Waals surface area contributed by atoms with Gasteiger partial charge in [-0.3, -0.25) is 19.9 Å². The molecule has 0 radical (unpaired) electrons. The number of nitrogens with one attached hydrogen (secondary N) is 3. The number of imide groups is 1. The van der Waals surface area contributed by atoms with Crippen molar-refractivity contribution >= 4 is 28.7 Å². The van der Waals surface area contributed by atoms with Crippen molar-refractivity contribution in [3.05, 3.63) is 42.1 Å². The van der Waals surface area contributed by atoms with Gasteiger partial charge in [-0.05, 0) is 18.6 Å². The van der Waals surface area contributed by atoms with Crippen LogP contribution in [0.3, 0.4) is 0 Å². The van der Waals surface area contributed by atoms with Crippen LogP contribution in [0.1, 0.15) is 18.5 Å². The Kier molecular flexibility index (Phi) is 4.18. The molecule has 23 heavy (non-hydrogen) atoms. The number of rotatable bonds is 3. The van der Waals surface area contributed by atoms with E-state index in [2.05, 4.69) is 20.9 Å². The van der Waals surface area contributed by atoms with Crippen LogP contribution < -0.4 is 16.0 Å². The highest BCUT2D eigenvalue weighted by molar-refractivity contribution is 5.98. The van der Waals surface area contributed by atoms with Crippen LogP contribution >= 0.6 is 0 Å². The van der Waals surface area contributed by atoms with Gasteiger partial charge in [0.1, 0.15) is 6.04 Å². The van der Waals surface area contributed by atoms with Crippen LogP contribution in [0, 0.1) is 0 Å². The lowest BCUT2D eigenvalue weighted by atomic mass is 10.1. The lowest BCUT2D eigenvalue weighted by Crippen LogP contribution is -2.48. The fraction of sp³-hybridized carbons (Fsp3) is 0.250. The summed E-state index contributed by atoms with van der Waals surface area (Å²) in [6.45, 7) is 0.261. The molecule has 0 aliphatic carbocycles. The molecular formula is C16H16N4O3. The zero-order valence-electron chi connectivity index (χ0n) is 12.3. The summed E-state index contributed by atoms with van der Waals surface area (Å²) in [6.07, 6.45) is 0.402. The first-order valence-electron chi connectivity index (χ1n) is 7.34. The van der Waals surface area contributed by atoms with Gasteiger partial charge in [0.25, 0.3) is 0 Å². The number of carbonyl (C=O) groups is 3. The number of fused-ring (bicyclic) bond motifs is 1. The van der Waals surface area contributed by atoms with Crippen LogP contribution in [-0.4, -0.2) is 28.9 Å². The Morgan fingerprint density at radius 3 is 2.91 bits per heavy atom. The number of benzene rings is 1. The monoisotopic (exact) mass is 312 g/mol. The highest BCUT2D eigenvalue weighted by Crippen LogP contribution is 2.11. The normalized spacial score (nSPS) is 18.0. The predicted molar refractivity (Wildman–Crippen MR) is 83.3 cm³/mol. The minimum atomic E-state index is -0.720. The summed E-state index contributed by atoms with van der Waals surface area (Å²) >= 11 is 0. The summed E-state index contributed by atoms with van der Waals surface area (Å²) in [6, 6.07) is 10.1. The molecule has 3 rings (SSSR count).